The molecule has 0 fully saturated rings. The Morgan fingerprint density at radius 2 is 1.25 bits per heavy atom. The second-order valence-corrected chi connectivity index (χ2v) is 0.366. The third-order valence-electron chi connectivity index (χ3n) is 0. The Labute approximate surface area is 87.1 Å². The Balaban J connectivity index is -0.0000000575. The summed E-state index contributed by atoms with van der Waals surface area (Å²) in [5.41, 5.74) is 0. The van der Waals surface area contributed by atoms with Gasteiger partial charge in [0.1, 0.15) is 0 Å². The molecule has 0 aromatic carbocycles. The van der Waals surface area contributed by atoms with Crippen molar-refractivity contribution in [2.24, 2.45) is 0 Å². The van der Waals surface area contributed by atoms with Crippen molar-refractivity contribution in [2.45, 2.75) is 0 Å². The number of hydrogen-bond donors (Lipinski definition) is 2. The van der Waals surface area contributed by atoms with Gasteiger partial charge < -0.3 is 10.2 Å². The summed E-state index contributed by atoms with van der Waals surface area (Å²) in [5, 5.41) is 13.9. The van der Waals surface area contributed by atoms with Crippen LogP contribution in [0, 0.1) is 0 Å². The molecular formula is C2H3KO5. The molecule has 0 saturated carbocycles. The van der Waals surface area contributed by atoms with E-state index < -0.39 is 6.16 Å². The van der Waals surface area contributed by atoms with Gasteiger partial charge in [0, 0.05) is 0 Å². The first-order chi connectivity index (χ1) is 3.15. The van der Waals surface area contributed by atoms with E-state index in [-0.39, 0.29) is 57.5 Å². The number of hydrogen-bond acceptors (Lipinski definition) is 3. The van der Waals surface area contributed by atoms with E-state index in [0.717, 1.165) is 0 Å². The van der Waals surface area contributed by atoms with Gasteiger partial charge in [0.2, 0.25) is 0 Å². The number of carboxylic acid groups (broad SMARTS) is 2. The van der Waals surface area contributed by atoms with Gasteiger partial charge in [-0.2, -0.15) is 9.59 Å². The zero-order valence-corrected chi connectivity index (χ0v) is 3.12. The Morgan fingerprint density at radius 1 is 1.25 bits per heavy atom. The zero-order valence-electron chi connectivity index (χ0n) is 3.12. The fourth-order valence-electron chi connectivity index (χ4n) is 0. The molecule has 0 atom stereocenters. The molecular weight excluding hydrogens is 143 g/mol. The predicted octanol–water partition coefficient (Wildman–Crippen LogP) is -1.01. The summed E-state index contributed by atoms with van der Waals surface area (Å²) in [7, 11) is 0. The number of rotatable bonds is 0. The van der Waals surface area contributed by atoms with Crippen molar-refractivity contribution in [2.75, 3.05) is 0 Å². The Morgan fingerprint density at radius 3 is 1.25 bits per heavy atom. The van der Waals surface area contributed by atoms with Gasteiger partial charge in [-0.15, -0.1) is 0 Å². The average Bonchev–Trinajstić information content (AvgIpc) is 1.33. The molecule has 6 heteroatoms. The van der Waals surface area contributed by atoms with Gasteiger partial charge in [0.25, 0.3) is 0 Å². The van der Waals surface area contributed by atoms with E-state index in [1.165, 1.54) is 0 Å². The molecule has 0 aliphatic rings. The van der Waals surface area contributed by atoms with E-state index in [4.69, 9.17) is 24.6 Å². The molecule has 0 bridgehead atoms. The van der Waals surface area contributed by atoms with Crippen LogP contribution in [0.15, 0.2) is 0 Å². The van der Waals surface area contributed by atoms with Crippen molar-refractivity contribution in [3.8, 4) is 0 Å². The number of carbonyl (C=O) groups is 1. The molecule has 0 aliphatic heterocycles. The molecule has 0 unspecified atom stereocenters. The summed E-state index contributed by atoms with van der Waals surface area (Å²) in [6.45, 7) is 0. The molecule has 2 N–H and O–H groups in total. The predicted molar refractivity (Wildman–Crippen MR) is 22.8 cm³/mol. The molecule has 0 rings (SSSR count). The van der Waals surface area contributed by atoms with E-state index in [2.05, 4.69) is 0 Å². The molecule has 0 saturated heterocycles. The normalized spacial score (nSPS) is 4.00. The van der Waals surface area contributed by atoms with Crippen LogP contribution in [-0.4, -0.2) is 73.9 Å². The third kappa shape index (κ3) is 2140. The van der Waals surface area contributed by atoms with Crippen LogP contribution in [0.5, 0.6) is 0 Å². The van der Waals surface area contributed by atoms with Crippen molar-refractivity contribution >= 4 is 63.7 Å². The summed E-state index contributed by atoms with van der Waals surface area (Å²) in [4.78, 5) is 24.8. The fourth-order valence-corrected chi connectivity index (χ4v) is 0. The molecule has 0 aliphatic carbocycles. The summed E-state index contributed by atoms with van der Waals surface area (Å²) in [6.07, 6.45) is -1.58. The fraction of sp³-hybridized carbons (Fsp3) is 0. The van der Waals surface area contributed by atoms with Crippen LogP contribution in [0.25, 0.3) is 0 Å². The molecule has 5 nitrogen and oxygen atoms in total. The van der Waals surface area contributed by atoms with Crippen LogP contribution in [0.4, 0.5) is 4.79 Å². The van der Waals surface area contributed by atoms with Gasteiger partial charge in [-0.3, -0.25) is 0 Å². The zero-order chi connectivity index (χ0) is 6.28. The summed E-state index contributed by atoms with van der Waals surface area (Å²) < 4.78 is 0. The summed E-state index contributed by atoms with van der Waals surface area (Å²) >= 11 is 0. The molecule has 8 heavy (non-hydrogen) atoms. The van der Waals surface area contributed by atoms with Crippen molar-refractivity contribution in [1.29, 1.82) is 0 Å². The van der Waals surface area contributed by atoms with E-state index >= 15 is 0 Å². The Bertz CT molecular complexity index is 78.4. The Kier molecular flexibility index (Phi) is 30.8. The minimum absolute atomic E-state index is 0. The van der Waals surface area contributed by atoms with Crippen molar-refractivity contribution in [3.05, 3.63) is 0 Å². The second kappa shape index (κ2) is 15.7. The summed E-state index contributed by atoms with van der Waals surface area (Å²) in [5.74, 6) is 0. The van der Waals surface area contributed by atoms with Crippen molar-refractivity contribution < 1.29 is 24.6 Å². The van der Waals surface area contributed by atoms with E-state index in [0.29, 0.717) is 0 Å². The summed E-state index contributed by atoms with van der Waals surface area (Å²) in [6, 6.07) is 0. The SMILES string of the molecule is O=C(O)O.O=C=O.[KH]. The van der Waals surface area contributed by atoms with E-state index in [1.807, 2.05) is 0 Å². The van der Waals surface area contributed by atoms with Gasteiger partial charge in [-0.25, -0.2) is 4.79 Å². The average molecular weight is 146 g/mol. The maximum atomic E-state index is 8.56. The molecule has 42 valence electrons. The maximum absolute atomic E-state index is 8.56. The van der Waals surface area contributed by atoms with Gasteiger partial charge in [-0.05, 0) is 0 Å². The Hall–Kier alpha value is 0.286. The number of carbonyl (C=O) groups excluding carboxylic acids is 2. The first kappa shape index (κ1) is 15.7. The van der Waals surface area contributed by atoms with Gasteiger partial charge in [0.15, 0.2) is 0 Å². The van der Waals surface area contributed by atoms with Crippen LogP contribution < -0.4 is 0 Å². The van der Waals surface area contributed by atoms with Gasteiger partial charge >= 0.3 is 63.7 Å². The van der Waals surface area contributed by atoms with Crippen LogP contribution in [0.3, 0.4) is 0 Å². The van der Waals surface area contributed by atoms with Crippen LogP contribution in [-0.2, 0) is 9.59 Å². The first-order valence-corrected chi connectivity index (χ1v) is 1.06. The van der Waals surface area contributed by atoms with Crippen LogP contribution in [0.2, 0.25) is 0 Å². The molecule has 0 amide bonds. The monoisotopic (exact) mass is 146 g/mol. The minimum atomic E-state index is -1.83. The topological polar surface area (TPSA) is 91.7 Å². The molecule has 0 spiro atoms. The molecule has 0 heterocycles. The van der Waals surface area contributed by atoms with Crippen molar-refractivity contribution in [1.82, 2.24) is 0 Å². The third-order valence-corrected chi connectivity index (χ3v) is 0. The standard InChI is InChI=1S/CH2O3.CO2.K.H/c2-1(3)4;2-1-3;;/h(H2,2,3,4);;;. The van der Waals surface area contributed by atoms with Gasteiger partial charge in [0.05, 0.1) is 0 Å². The van der Waals surface area contributed by atoms with Crippen LogP contribution >= 0.6 is 0 Å². The van der Waals surface area contributed by atoms with E-state index in [1.54, 1.807) is 0 Å². The quantitative estimate of drug-likeness (QED) is 0.427. The second-order valence-electron chi connectivity index (χ2n) is 0.366. The van der Waals surface area contributed by atoms with Crippen molar-refractivity contribution in [3.63, 3.8) is 0 Å². The van der Waals surface area contributed by atoms with E-state index in [9.17, 15) is 0 Å². The molecule has 0 aromatic rings. The first-order valence-electron chi connectivity index (χ1n) is 1.06. The van der Waals surface area contributed by atoms with Crippen LogP contribution in [0.1, 0.15) is 0 Å². The molecule has 0 radical (unpaired) electrons. The van der Waals surface area contributed by atoms with Gasteiger partial charge in [-0.1, -0.05) is 0 Å². The molecule has 0 aromatic heterocycles.